The quantitative estimate of drug-likeness (QED) is 0.177. The van der Waals surface area contributed by atoms with Gasteiger partial charge in [0, 0.05) is 56.1 Å². The molecule has 1 atom stereocenters. The molecule has 256 valence electrons. The number of aliphatic hydroxyl groups is 1. The van der Waals surface area contributed by atoms with Crippen LogP contribution in [0.1, 0.15) is 77.2 Å². The minimum atomic E-state index is -0.823. The molecule has 0 bridgehead atoms. The van der Waals surface area contributed by atoms with Gasteiger partial charge in [0.15, 0.2) is 0 Å². The summed E-state index contributed by atoms with van der Waals surface area (Å²) in [6.07, 6.45) is 5.86. The maximum absolute atomic E-state index is 13.4. The van der Waals surface area contributed by atoms with Gasteiger partial charge in [0.2, 0.25) is 0 Å². The first kappa shape index (κ1) is 33.2. The van der Waals surface area contributed by atoms with Crippen molar-refractivity contribution in [1.82, 2.24) is 25.1 Å². The second kappa shape index (κ2) is 14.7. The van der Waals surface area contributed by atoms with E-state index >= 15 is 0 Å². The first-order chi connectivity index (χ1) is 23.4. The van der Waals surface area contributed by atoms with E-state index in [1.165, 1.54) is 31.7 Å². The number of phenolic OH excluding ortho intramolecular Hbond substituents is 1. The number of aromatic amines is 1. The van der Waals surface area contributed by atoms with Gasteiger partial charge in [-0.15, -0.1) is 11.3 Å². The van der Waals surface area contributed by atoms with E-state index in [2.05, 4.69) is 15.2 Å². The molecular formula is C35H43N5O6S2. The van der Waals surface area contributed by atoms with Crippen molar-refractivity contribution in [3.05, 3.63) is 73.3 Å². The second-order valence-electron chi connectivity index (χ2n) is 13.2. The normalized spacial score (nSPS) is 19.3. The highest BCUT2D eigenvalue weighted by molar-refractivity contribution is 7.16. The van der Waals surface area contributed by atoms with E-state index in [4.69, 9.17) is 14.5 Å². The standard InChI is InChI=1S/C35H43N5O6S2/c41-28-10-9-26(31-30(28)38-34(44)48-31)29(42)20-36-19-23-5-7-25(8-6-23)45-17-15-39-13-11-35(12-14-39)22-40(16-18-46-35)33(43)27-21-47-32(37-27)24-3-1-2-4-24/h5-10,21,24,29,36,41-42H,1-4,11-20,22H2,(H,38,44). The molecular weight excluding hydrogens is 651 g/mol. The monoisotopic (exact) mass is 693 g/mol. The first-order valence-corrected chi connectivity index (χ1v) is 18.6. The molecule has 4 heterocycles. The van der Waals surface area contributed by atoms with Crippen LogP contribution in [0.2, 0.25) is 0 Å². The number of aromatic hydroxyl groups is 1. The summed E-state index contributed by atoms with van der Waals surface area (Å²) in [5.41, 5.74) is 2.34. The van der Waals surface area contributed by atoms with Crippen LogP contribution in [0.5, 0.6) is 11.5 Å². The molecule has 11 nitrogen and oxygen atoms in total. The number of aromatic nitrogens is 2. The average molecular weight is 694 g/mol. The van der Waals surface area contributed by atoms with Crippen molar-refractivity contribution in [3.8, 4) is 11.5 Å². The molecule has 1 amide bonds. The summed E-state index contributed by atoms with van der Waals surface area (Å²) >= 11 is 2.62. The number of H-pyrrole nitrogens is 1. The number of ether oxygens (including phenoxy) is 2. The van der Waals surface area contributed by atoms with Gasteiger partial charge in [-0.3, -0.25) is 14.5 Å². The van der Waals surface area contributed by atoms with Crippen LogP contribution in [0, 0.1) is 0 Å². The van der Waals surface area contributed by atoms with Crippen molar-refractivity contribution >= 4 is 38.8 Å². The van der Waals surface area contributed by atoms with Gasteiger partial charge in [0.1, 0.15) is 29.3 Å². The van der Waals surface area contributed by atoms with Gasteiger partial charge >= 0.3 is 4.87 Å². The molecule has 2 saturated heterocycles. The number of piperidine rings is 1. The van der Waals surface area contributed by atoms with Crippen molar-refractivity contribution in [2.24, 2.45) is 0 Å². The molecule has 3 fully saturated rings. The Balaban J connectivity index is 0.821. The third-order valence-corrected chi connectivity index (χ3v) is 11.9. The number of nitrogens with one attached hydrogen (secondary N) is 2. The summed E-state index contributed by atoms with van der Waals surface area (Å²) in [6, 6.07) is 11.1. The largest absolute Gasteiger partial charge is 0.506 e. The average Bonchev–Trinajstić information content (AvgIpc) is 3.88. The highest BCUT2D eigenvalue weighted by Gasteiger charge is 2.41. The lowest BCUT2D eigenvalue weighted by molar-refractivity contribution is -0.127. The van der Waals surface area contributed by atoms with E-state index in [-0.39, 0.29) is 22.1 Å². The number of thiazole rings is 2. The van der Waals surface area contributed by atoms with Crippen molar-refractivity contribution in [2.45, 2.75) is 62.7 Å². The summed E-state index contributed by atoms with van der Waals surface area (Å²) in [6.45, 7) is 5.90. The predicted molar refractivity (Wildman–Crippen MR) is 186 cm³/mol. The number of rotatable bonds is 11. The maximum Gasteiger partial charge on any atom is 0.305 e. The first-order valence-electron chi connectivity index (χ1n) is 16.9. The number of nitrogens with zero attached hydrogens (tertiary/aromatic N) is 3. The molecule has 48 heavy (non-hydrogen) atoms. The molecule has 1 saturated carbocycles. The summed E-state index contributed by atoms with van der Waals surface area (Å²) < 4.78 is 12.9. The van der Waals surface area contributed by atoms with Crippen molar-refractivity contribution in [2.75, 3.05) is 52.5 Å². The van der Waals surface area contributed by atoms with Gasteiger partial charge < -0.3 is 34.9 Å². The van der Waals surface area contributed by atoms with Crippen molar-refractivity contribution in [3.63, 3.8) is 0 Å². The van der Waals surface area contributed by atoms with Gasteiger partial charge in [0.25, 0.3) is 5.91 Å². The molecule has 4 N–H and O–H groups in total. The van der Waals surface area contributed by atoms with Gasteiger partial charge in [-0.25, -0.2) is 4.98 Å². The number of amides is 1. The SMILES string of the molecule is O=C(c1csc(C2CCCC2)n1)N1CCOC2(CCN(CCOc3ccc(CNCC(O)c4ccc(O)c5[nH]c(=O)sc45)cc3)CC2)C1. The van der Waals surface area contributed by atoms with Crippen LogP contribution >= 0.6 is 22.7 Å². The molecule has 3 aliphatic rings. The van der Waals surface area contributed by atoms with Crippen molar-refractivity contribution in [1.29, 1.82) is 0 Å². The highest BCUT2D eigenvalue weighted by Crippen LogP contribution is 2.36. The van der Waals surface area contributed by atoms with Crippen LogP contribution in [-0.4, -0.2) is 94.0 Å². The fourth-order valence-electron chi connectivity index (χ4n) is 7.17. The summed E-state index contributed by atoms with van der Waals surface area (Å²) in [7, 11) is 0. The number of hydrogen-bond donors (Lipinski definition) is 4. The predicted octanol–water partition coefficient (Wildman–Crippen LogP) is 4.62. The number of likely N-dealkylation sites (tertiary alicyclic amines) is 1. The van der Waals surface area contributed by atoms with Crippen LogP contribution < -0.4 is 14.9 Å². The molecule has 2 aromatic heterocycles. The lowest BCUT2D eigenvalue weighted by Crippen LogP contribution is -2.58. The Morgan fingerprint density at radius 3 is 2.73 bits per heavy atom. The van der Waals surface area contributed by atoms with E-state index in [0.717, 1.165) is 60.1 Å². The van der Waals surface area contributed by atoms with Gasteiger partial charge in [0.05, 0.1) is 34.6 Å². The van der Waals surface area contributed by atoms with E-state index in [0.29, 0.717) is 66.8 Å². The smallest absolute Gasteiger partial charge is 0.305 e. The zero-order valence-electron chi connectivity index (χ0n) is 27.0. The third-order valence-electron chi connectivity index (χ3n) is 9.96. The number of morpholine rings is 1. The fourth-order valence-corrected chi connectivity index (χ4v) is 9.06. The number of hydrogen-bond acceptors (Lipinski definition) is 11. The maximum atomic E-state index is 13.4. The lowest BCUT2D eigenvalue weighted by Gasteiger charge is -2.47. The molecule has 4 aromatic rings. The Kier molecular flexibility index (Phi) is 10.1. The Bertz CT molecular complexity index is 1760. The van der Waals surface area contributed by atoms with Crippen LogP contribution in [0.4, 0.5) is 0 Å². The van der Waals surface area contributed by atoms with Gasteiger partial charge in [-0.2, -0.15) is 0 Å². The van der Waals surface area contributed by atoms with Crippen LogP contribution in [0.3, 0.4) is 0 Å². The van der Waals surface area contributed by atoms with Gasteiger partial charge in [-0.05, 0) is 49.4 Å². The molecule has 2 aromatic carbocycles. The topological polar surface area (TPSA) is 140 Å². The van der Waals surface area contributed by atoms with E-state index in [1.54, 1.807) is 17.4 Å². The molecule has 7 rings (SSSR count). The Labute approximate surface area is 287 Å². The minimum Gasteiger partial charge on any atom is -0.506 e. The number of aliphatic hydroxyl groups excluding tert-OH is 1. The van der Waals surface area contributed by atoms with Gasteiger partial charge in [-0.1, -0.05) is 42.4 Å². The molecule has 1 spiro atoms. The van der Waals surface area contributed by atoms with E-state index in [9.17, 15) is 19.8 Å². The Morgan fingerprint density at radius 2 is 1.94 bits per heavy atom. The molecule has 1 aliphatic carbocycles. The summed E-state index contributed by atoms with van der Waals surface area (Å²) in [5, 5.41) is 27.1. The van der Waals surface area contributed by atoms with Crippen LogP contribution in [0.15, 0.2) is 46.6 Å². The van der Waals surface area contributed by atoms with Crippen LogP contribution in [0.25, 0.3) is 10.2 Å². The number of phenols is 1. The highest BCUT2D eigenvalue weighted by atomic mass is 32.1. The zero-order valence-corrected chi connectivity index (χ0v) is 28.6. The number of carbonyl (C=O) groups excluding carboxylic acids is 1. The number of fused-ring (bicyclic) bond motifs is 1. The van der Waals surface area contributed by atoms with E-state index in [1.807, 2.05) is 34.5 Å². The fraction of sp³-hybridized carbons (Fsp3) is 0.514. The molecule has 0 radical (unpaired) electrons. The summed E-state index contributed by atoms with van der Waals surface area (Å²) in [4.78, 5) is 36.6. The number of benzene rings is 2. The molecule has 1 unspecified atom stereocenters. The Hall–Kier alpha value is -3.33. The third kappa shape index (κ3) is 7.46. The zero-order chi connectivity index (χ0) is 33.1. The second-order valence-corrected chi connectivity index (χ2v) is 15.1. The summed E-state index contributed by atoms with van der Waals surface area (Å²) in [5.74, 6) is 1.38. The minimum absolute atomic E-state index is 0.00566. The lowest BCUT2D eigenvalue weighted by atomic mass is 9.89. The van der Waals surface area contributed by atoms with Crippen LogP contribution in [-0.2, 0) is 11.3 Å². The Morgan fingerprint density at radius 1 is 1.15 bits per heavy atom. The van der Waals surface area contributed by atoms with Crippen molar-refractivity contribution < 1.29 is 24.5 Å². The number of carbonyl (C=O) groups is 1. The molecule has 2 aliphatic heterocycles. The van der Waals surface area contributed by atoms with E-state index < -0.39 is 6.10 Å². The molecule has 13 heteroatoms.